The van der Waals surface area contributed by atoms with Crippen LogP contribution in [0.1, 0.15) is 20.8 Å². The van der Waals surface area contributed by atoms with Gasteiger partial charge in [-0.2, -0.15) is 0 Å². The number of hydrogen-bond donors (Lipinski definition) is 0. The molecule has 0 N–H and O–H groups in total. The summed E-state index contributed by atoms with van der Waals surface area (Å²) in [6, 6.07) is 0. The molecule has 2 rings (SSSR count). The van der Waals surface area contributed by atoms with Gasteiger partial charge in [0.2, 0.25) is 0 Å². The van der Waals surface area contributed by atoms with Crippen LogP contribution in [0.3, 0.4) is 0 Å². The number of esters is 3. The van der Waals surface area contributed by atoms with Crippen molar-refractivity contribution >= 4 is 17.9 Å². The highest BCUT2D eigenvalue weighted by Crippen LogP contribution is 2.29. The molecule has 2 fully saturated rings. The minimum Gasteiger partial charge on any atom is -0.456 e. The molecule has 154 valence electrons. The Balaban J connectivity index is 2.28. The molecule has 2 aliphatic rings. The van der Waals surface area contributed by atoms with E-state index in [9.17, 15) is 14.4 Å². The van der Waals surface area contributed by atoms with Gasteiger partial charge in [-0.25, -0.2) is 0 Å². The van der Waals surface area contributed by atoms with E-state index in [1.54, 1.807) is 0 Å². The van der Waals surface area contributed by atoms with Gasteiger partial charge >= 0.3 is 17.9 Å². The maximum atomic E-state index is 11.7. The first kappa shape index (κ1) is 21.5. The van der Waals surface area contributed by atoms with E-state index < -0.39 is 48.6 Å². The Bertz CT molecular complexity index is 534. The van der Waals surface area contributed by atoms with Crippen molar-refractivity contribution < 1.29 is 42.8 Å². The van der Waals surface area contributed by atoms with Crippen LogP contribution >= 0.6 is 0 Å². The van der Waals surface area contributed by atoms with E-state index >= 15 is 0 Å². The fraction of sp³-hybridized carbons (Fsp3) is 0.824. The Morgan fingerprint density at radius 3 is 1.93 bits per heavy atom. The number of carbonyl (C=O) groups excluding carboxylic acids is 3. The van der Waals surface area contributed by atoms with Gasteiger partial charge in [0.05, 0.1) is 13.2 Å². The summed E-state index contributed by atoms with van der Waals surface area (Å²) in [6.07, 6.45) is -4.70. The average Bonchev–Trinajstić information content (AvgIpc) is 2.59. The molecule has 0 spiro atoms. The smallest absolute Gasteiger partial charge is 0.303 e. The molecule has 10 heteroatoms. The van der Waals surface area contributed by atoms with Gasteiger partial charge in [0.25, 0.3) is 0 Å². The molecule has 0 aromatic rings. The summed E-state index contributed by atoms with van der Waals surface area (Å²) >= 11 is 0. The van der Waals surface area contributed by atoms with Crippen LogP contribution in [0.25, 0.3) is 0 Å². The molecule has 2 saturated heterocycles. The van der Waals surface area contributed by atoms with Crippen molar-refractivity contribution in [3.05, 3.63) is 0 Å². The molecule has 0 amide bonds. The number of nitrogens with zero attached hydrogens (tertiary/aromatic N) is 1. The second-order valence-corrected chi connectivity index (χ2v) is 6.41. The molecule has 0 aromatic heterocycles. The summed E-state index contributed by atoms with van der Waals surface area (Å²) in [5, 5.41) is 0. The highest BCUT2D eigenvalue weighted by Gasteiger charge is 2.52. The molecule has 0 aliphatic carbocycles. The number of ether oxygens (including phenoxy) is 6. The van der Waals surface area contributed by atoms with Gasteiger partial charge in [0.1, 0.15) is 6.10 Å². The Labute approximate surface area is 157 Å². The predicted octanol–water partition coefficient (Wildman–Crippen LogP) is -0.515. The third kappa shape index (κ3) is 6.13. The van der Waals surface area contributed by atoms with E-state index in [4.69, 9.17) is 28.4 Å². The number of hydrogen-bond acceptors (Lipinski definition) is 10. The molecule has 2 heterocycles. The number of rotatable bonds is 6. The second-order valence-electron chi connectivity index (χ2n) is 6.41. The lowest BCUT2D eigenvalue weighted by molar-refractivity contribution is -0.300. The quantitative estimate of drug-likeness (QED) is 0.435. The van der Waals surface area contributed by atoms with Gasteiger partial charge in [-0.1, -0.05) is 0 Å². The van der Waals surface area contributed by atoms with E-state index in [1.807, 2.05) is 0 Å². The fourth-order valence-electron chi connectivity index (χ4n) is 3.23. The minimum atomic E-state index is -1.07. The highest BCUT2D eigenvalue weighted by molar-refractivity contribution is 5.68. The predicted molar refractivity (Wildman–Crippen MR) is 89.6 cm³/mol. The Morgan fingerprint density at radius 2 is 1.41 bits per heavy atom. The SMILES string of the molecule is CO[C@H]1O[C@H](CN2CCOCC2)[C@@H](OC(C)=O)[C@H](OC(C)=O)[C@H]1OC(C)=O. The lowest BCUT2D eigenvalue weighted by atomic mass is 9.97. The van der Waals surface area contributed by atoms with Crippen LogP contribution in [0.2, 0.25) is 0 Å². The summed E-state index contributed by atoms with van der Waals surface area (Å²) in [5.74, 6) is -1.77. The molecule has 27 heavy (non-hydrogen) atoms. The zero-order valence-corrected chi connectivity index (χ0v) is 16.0. The van der Waals surface area contributed by atoms with E-state index in [-0.39, 0.29) is 0 Å². The normalized spacial score (nSPS) is 31.8. The maximum Gasteiger partial charge on any atom is 0.303 e. The Morgan fingerprint density at radius 1 is 0.889 bits per heavy atom. The summed E-state index contributed by atoms with van der Waals surface area (Å²) in [7, 11) is 1.39. The van der Waals surface area contributed by atoms with E-state index in [0.29, 0.717) is 32.8 Å². The van der Waals surface area contributed by atoms with Gasteiger partial charge in [-0.05, 0) is 0 Å². The number of carbonyl (C=O) groups is 3. The van der Waals surface area contributed by atoms with Crippen LogP contribution in [0.15, 0.2) is 0 Å². The van der Waals surface area contributed by atoms with Gasteiger partial charge in [0, 0.05) is 47.5 Å². The molecule has 0 aromatic carbocycles. The van der Waals surface area contributed by atoms with Crippen LogP contribution in [0, 0.1) is 0 Å². The van der Waals surface area contributed by atoms with E-state index in [1.165, 1.54) is 27.9 Å². The highest BCUT2D eigenvalue weighted by atomic mass is 16.7. The van der Waals surface area contributed by atoms with Crippen LogP contribution in [-0.4, -0.2) is 93.5 Å². The van der Waals surface area contributed by atoms with Crippen molar-refractivity contribution in [2.24, 2.45) is 0 Å². The van der Waals surface area contributed by atoms with Crippen molar-refractivity contribution in [1.82, 2.24) is 4.90 Å². The second kappa shape index (κ2) is 9.98. The molecule has 10 nitrogen and oxygen atoms in total. The third-order valence-corrected chi connectivity index (χ3v) is 4.27. The molecule has 0 unspecified atom stereocenters. The minimum absolute atomic E-state index is 0.408. The maximum absolute atomic E-state index is 11.7. The monoisotopic (exact) mass is 389 g/mol. The van der Waals surface area contributed by atoms with Gasteiger partial charge in [-0.3, -0.25) is 19.3 Å². The lowest BCUT2D eigenvalue weighted by Crippen LogP contribution is -2.64. The summed E-state index contributed by atoms with van der Waals surface area (Å²) < 4.78 is 32.6. The molecule has 5 atom stereocenters. The standard InChI is InChI=1S/C17H27NO9/c1-10(19)24-14-13(9-18-5-7-23-8-6-18)27-17(22-4)16(26-12(3)21)15(14)25-11(2)20/h13-17H,5-9H2,1-4H3/t13-,14-,15+,16-,17+/m1/s1. The van der Waals surface area contributed by atoms with Gasteiger partial charge < -0.3 is 28.4 Å². The van der Waals surface area contributed by atoms with Crippen molar-refractivity contribution in [2.45, 2.75) is 51.5 Å². The molecule has 2 aliphatic heterocycles. The van der Waals surface area contributed by atoms with Crippen LogP contribution in [0.5, 0.6) is 0 Å². The molecule has 0 radical (unpaired) electrons. The van der Waals surface area contributed by atoms with Gasteiger partial charge in [-0.15, -0.1) is 0 Å². The number of morpholine rings is 1. The van der Waals surface area contributed by atoms with Crippen molar-refractivity contribution in [3.63, 3.8) is 0 Å². The van der Waals surface area contributed by atoms with Crippen LogP contribution in [-0.2, 0) is 42.8 Å². The lowest BCUT2D eigenvalue weighted by Gasteiger charge is -2.45. The average molecular weight is 389 g/mol. The first-order chi connectivity index (χ1) is 12.8. The molecular weight excluding hydrogens is 362 g/mol. The third-order valence-electron chi connectivity index (χ3n) is 4.27. The zero-order valence-electron chi connectivity index (χ0n) is 16.0. The van der Waals surface area contributed by atoms with Crippen LogP contribution < -0.4 is 0 Å². The number of methoxy groups -OCH3 is 1. The first-order valence-corrected chi connectivity index (χ1v) is 8.81. The van der Waals surface area contributed by atoms with Crippen LogP contribution in [0.4, 0.5) is 0 Å². The Hall–Kier alpha value is -1.75. The molecule has 0 bridgehead atoms. The Kier molecular flexibility index (Phi) is 7.96. The van der Waals surface area contributed by atoms with Crippen molar-refractivity contribution in [1.29, 1.82) is 0 Å². The summed E-state index contributed by atoms with van der Waals surface area (Å²) in [6.45, 7) is 6.66. The van der Waals surface area contributed by atoms with E-state index in [2.05, 4.69) is 4.90 Å². The first-order valence-electron chi connectivity index (χ1n) is 8.81. The summed E-state index contributed by atoms with van der Waals surface area (Å²) in [5.41, 5.74) is 0. The summed E-state index contributed by atoms with van der Waals surface area (Å²) in [4.78, 5) is 36.9. The largest absolute Gasteiger partial charge is 0.456 e. The topological polar surface area (TPSA) is 110 Å². The fourth-order valence-corrected chi connectivity index (χ4v) is 3.23. The van der Waals surface area contributed by atoms with Gasteiger partial charge in [0.15, 0.2) is 24.6 Å². The van der Waals surface area contributed by atoms with Crippen molar-refractivity contribution in [3.8, 4) is 0 Å². The molecular formula is C17H27NO9. The van der Waals surface area contributed by atoms with E-state index in [0.717, 1.165) is 0 Å². The van der Waals surface area contributed by atoms with Crippen molar-refractivity contribution in [2.75, 3.05) is 40.0 Å². The zero-order chi connectivity index (χ0) is 20.0. The molecule has 0 saturated carbocycles.